The summed E-state index contributed by atoms with van der Waals surface area (Å²) in [6, 6.07) is 21.8. The third-order valence-electron chi connectivity index (χ3n) is 5.82. The standard InChI is InChI=1S/C26H21BrFN3O2S/c1-32-18-8-5-16(6-9-18)15-31-25(24(30-26(31)34)21-4-2-3-13-29-21)23-12-11-22(33-23)19-10-7-17(27)14-20(19)28/h2-14,24-25H,15H2,1H3,(H,30,34)/t24-,25-/m1/s1. The summed E-state index contributed by atoms with van der Waals surface area (Å²) < 4.78 is 26.8. The second-order valence-electron chi connectivity index (χ2n) is 7.93. The number of aromatic nitrogens is 1. The number of hydrogen-bond acceptors (Lipinski definition) is 4. The molecule has 2 aromatic heterocycles. The molecule has 0 spiro atoms. The number of ether oxygens (including phenoxy) is 1. The van der Waals surface area contributed by atoms with Crippen LogP contribution in [0.15, 0.2) is 87.9 Å². The number of nitrogens with zero attached hydrogens (tertiary/aromatic N) is 2. The fourth-order valence-corrected chi connectivity index (χ4v) is 4.80. The van der Waals surface area contributed by atoms with Gasteiger partial charge in [-0.1, -0.05) is 34.1 Å². The number of methoxy groups -OCH3 is 1. The number of pyridine rings is 1. The molecule has 0 unspecified atom stereocenters. The number of benzene rings is 2. The second kappa shape index (κ2) is 9.56. The zero-order chi connectivity index (χ0) is 23.7. The van der Waals surface area contributed by atoms with Crippen LogP contribution < -0.4 is 10.1 Å². The molecule has 1 saturated heterocycles. The van der Waals surface area contributed by atoms with Crippen molar-refractivity contribution < 1.29 is 13.5 Å². The van der Waals surface area contributed by atoms with Crippen molar-refractivity contribution in [2.75, 3.05) is 7.11 Å². The van der Waals surface area contributed by atoms with E-state index < -0.39 is 0 Å². The third kappa shape index (κ3) is 4.43. The maximum atomic E-state index is 14.6. The van der Waals surface area contributed by atoms with E-state index in [1.807, 2.05) is 48.5 Å². The Kier molecular flexibility index (Phi) is 6.34. The van der Waals surface area contributed by atoms with Gasteiger partial charge in [0.2, 0.25) is 0 Å². The van der Waals surface area contributed by atoms with Crippen molar-refractivity contribution >= 4 is 33.3 Å². The van der Waals surface area contributed by atoms with Crippen molar-refractivity contribution in [3.8, 4) is 17.1 Å². The normalized spacial score (nSPS) is 17.6. The van der Waals surface area contributed by atoms with E-state index >= 15 is 0 Å². The van der Waals surface area contributed by atoms with E-state index in [0.29, 0.717) is 33.2 Å². The van der Waals surface area contributed by atoms with Gasteiger partial charge in [-0.25, -0.2) is 4.39 Å². The summed E-state index contributed by atoms with van der Waals surface area (Å²) in [6.07, 6.45) is 1.76. The maximum absolute atomic E-state index is 14.6. The summed E-state index contributed by atoms with van der Waals surface area (Å²) in [5.74, 6) is 1.57. The van der Waals surface area contributed by atoms with E-state index in [1.165, 1.54) is 6.07 Å². The fourth-order valence-electron chi connectivity index (χ4n) is 4.16. The lowest BCUT2D eigenvalue weighted by atomic mass is 10.0. The molecule has 172 valence electrons. The fraction of sp³-hybridized carbons (Fsp3) is 0.154. The van der Waals surface area contributed by atoms with Gasteiger partial charge in [-0.2, -0.15) is 0 Å². The molecule has 34 heavy (non-hydrogen) atoms. The van der Waals surface area contributed by atoms with Crippen LogP contribution in [0.2, 0.25) is 0 Å². The molecule has 4 aromatic rings. The average Bonchev–Trinajstić information content (AvgIpc) is 3.45. The Morgan fingerprint density at radius 2 is 1.94 bits per heavy atom. The highest BCUT2D eigenvalue weighted by Gasteiger charge is 2.41. The molecule has 3 heterocycles. The molecule has 8 heteroatoms. The molecule has 1 fully saturated rings. The minimum Gasteiger partial charge on any atom is -0.497 e. The van der Waals surface area contributed by atoms with Gasteiger partial charge in [-0.15, -0.1) is 0 Å². The third-order valence-corrected chi connectivity index (χ3v) is 6.67. The Morgan fingerprint density at radius 3 is 2.65 bits per heavy atom. The SMILES string of the molecule is COc1ccc(CN2C(=S)N[C@H](c3ccccn3)[C@H]2c2ccc(-c3ccc(Br)cc3F)o2)cc1. The van der Waals surface area contributed by atoms with Gasteiger partial charge in [-0.05, 0) is 72.4 Å². The van der Waals surface area contributed by atoms with Gasteiger partial charge in [0.15, 0.2) is 5.11 Å². The highest BCUT2D eigenvalue weighted by molar-refractivity contribution is 9.10. The number of thiocarbonyl (C=S) groups is 1. The van der Waals surface area contributed by atoms with Gasteiger partial charge in [0.1, 0.15) is 29.1 Å². The molecule has 5 nitrogen and oxygen atoms in total. The largest absolute Gasteiger partial charge is 0.497 e. The van der Waals surface area contributed by atoms with E-state index in [1.54, 1.807) is 31.5 Å². The van der Waals surface area contributed by atoms with E-state index in [4.69, 9.17) is 21.4 Å². The van der Waals surface area contributed by atoms with Crippen molar-refractivity contribution in [1.29, 1.82) is 0 Å². The van der Waals surface area contributed by atoms with Crippen molar-refractivity contribution in [1.82, 2.24) is 15.2 Å². The molecule has 0 aliphatic carbocycles. The lowest BCUT2D eigenvalue weighted by Crippen LogP contribution is -2.29. The van der Waals surface area contributed by atoms with E-state index in [-0.39, 0.29) is 17.9 Å². The van der Waals surface area contributed by atoms with Gasteiger partial charge in [-0.3, -0.25) is 4.98 Å². The highest BCUT2D eigenvalue weighted by Crippen LogP contribution is 2.41. The van der Waals surface area contributed by atoms with Crippen LogP contribution >= 0.6 is 28.1 Å². The summed E-state index contributed by atoms with van der Waals surface area (Å²) in [4.78, 5) is 6.63. The van der Waals surface area contributed by atoms with Crippen LogP contribution in [0.5, 0.6) is 5.75 Å². The quantitative estimate of drug-likeness (QED) is 0.286. The molecule has 0 radical (unpaired) electrons. The Hall–Kier alpha value is -3.23. The lowest BCUT2D eigenvalue weighted by molar-refractivity contribution is 0.269. The van der Waals surface area contributed by atoms with Crippen LogP contribution in [0.1, 0.15) is 29.1 Å². The van der Waals surface area contributed by atoms with Crippen molar-refractivity contribution in [2.24, 2.45) is 0 Å². The topological polar surface area (TPSA) is 50.5 Å². The molecule has 0 bridgehead atoms. The first-order chi connectivity index (χ1) is 16.5. The summed E-state index contributed by atoms with van der Waals surface area (Å²) >= 11 is 9.04. The van der Waals surface area contributed by atoms with E-state index in [2.05, 4.69) is 31.1 Å². The maximum Gasteiger partial charge on any atom is 0.170 e. The molecule has 1 aliphatic heterocycles. The molecule has 1 N–H and O–H groups in total. The van der Waals surface area contributed by atoms with Gasteiger partial charge in [0, 0.05) is 17.2 Å². The Balaban J connectivity index is 1.52. The Morgan fingerprint density at radius 1 is 1.12 bits per heavy atom. The molecule has 0 saturated carbocycles. The predicted molar refractivity (Wildman–Crippen MR) is 136 cm³/mol. The van der Waals surface area contributed by atoms with Gasteiger partial charge in [0.25, 0.3) is 0 Å². The van der Waals surface area contributed by atoms with Crippen molar-refractivity contribution in [3.05, 3.63) is 106 Å². The summed E-state index contributed by atoms with van der Waals surface area (Å²) in [5.41, 5.74) is 2.32. The van der Waals surface area contributed by atoms with Crippen molar-refractivity contribution in [2.45, 2.75) is 18.6 Å². The zero-order valence-electron chi connectivity index (χ0n) is 18.2. The first kappa shape index (κ1) is 22.6. The predicted octanol–water partition coefficient (Wildman–Crippen LogP) is 6.42. The minimum atomic E-state index is -0.355. The molecule has 1 aliphatic rings. The van der Waals surface area contributed by atoms with Gasteiger partial charge < -0.3 is 19.4 Å². The number of rotatable bonds is 6. The van der Waals surface area contributed by atoms with Crippen LogP contribution in [0.4, 0.5) is 4.39 Å². The van der Waals surface area contributed by atoms with E-state index in [0.717, 1.165) is 17.0 Å². The zero-order valence-corrected chi connectivity index (χ0v) is 20.6. The number of halogens is 2. The minimum absolute atomic E-state index is 0.222. The number of nitrogens with one attached hydrogen (secondary N) is 1. The van der Waals surface area contributed by atoms with Gasteiger partial charge >= 0.3 is 0 Å². The first-order valence-corrected chi connectivity index (χ1v) is 11.9. The summed E-state index contributed by atoms with van der Waals surface area (Å²) in [7, 11) is 1.64. The lowest BCUT2D eigenvalue weighted by Gasteiger charge is -2.26. The highest BCUT2D eigenvalue weighted by atomic mass is 79.9. The Labute approximate surface area is 210 Å². The molecule has 2 atom stereocenters. The molecular formula is C26H21BrFN3O2S. The monoisotopic (exact) mass is 537 g/mol. The van der Waals surface area contributed by atoms with Crippen LogP contribution in [0.3, 0.4) is 0 Å². The van der Waals surface area contributed by atoms with Crippen LogP contribution in [-0.4, -0.2) is 22.1 Å². The molecular weight excluding hydrogens is 517 g/mol. The number of furan rings is 1. The summed E-state index contributed by atoms with van der Waals surface area (Å²) in [6.45, 7) is 0.562. The van der Waals surface area contributed by atoms with E-state index in [9.17, 15) is 4.39 Å². The van der Waals surface area contributed by atoms with Crippen LogP contribution in [0.25, 0.3) is 11.3 Å². The van der Waals surface area contributed by atoms with Crippen molar-refractivity contribution in [3.63, 3.8) is 0 Å². The number of hydrogen-bond donors (Lipinski definition) is 1. The second-order valence-corrected chi connectivity index (χ2v) is 9.23. The van der Waals surface area contributed by atoms with Gasteiger partial charge in [0.05, 0.1) is 24.4 Å². The molecule has 0 amide bonds. The molecule has 5 rings (SSSR count). The Bertz CT molecular complexity index is 1310. The molecule has 2 aromatic carbocycles. The van der Waals surface area contributed by atoms with Crippen LogP contribution in [-0.2, 0) is 6.54 Å². The smallest absolute Gasteiger partial charge is 0.170 e. The summed E-state index contributed by atoms with van der Waals surface area (Å²) in [5, 5.41) is 4.01. The van der Waals surface area contributed by atoms with Crippen LogP contribution in [0, 0.1) is 5.82 Å². The first-order valence-electron chi connectivity index (χ1n) is 10.7. The average molecular weight is 538 g/mol.